The van der Waals surface area contributed by atoms with E-state index in [1.165, 1.54) is 47.9 Å². The molecule has 1 aromatic rings. The molecule has 2 atom stereocenters. The monoisotopic (exact) mass is 246 g/mol. The van der Waals surface area contributed by atoms with E-state index in [2.05, 4.69) is 38.2 Å². The predicted octanol–water partition coefficient (Wildman–Crippen LogP) is 2.97. The van der Waals surface area contributed by atoms with Gasteiger partial charge in [-0.05, 0) is 55.9 Å². The second-order valence-corrected chi connectivity index (χ2v) is 5.80. The molecule has 1 aliphatic rings. The zero-order valence-corrected chi connectivity index (χ0v) is 11.9. The molecular formula is C16H26N2. The molecule has 3 N–H and O–H groups in total. The number of rotatable bonds is 3. The summed E-state index contributed by atoms with van der Waals surface area (Å²) >= 11 is 0. The molecule has 0 aliphatic heterocycles. The number of nitrogens with one attached hydrogen (secondary N) is 1. The fourth-order valence-electron chi connectivity index (χ4n) is 2.86. The van der Waals surface area contributed by atoms with Crippen molar-refractivity contribution in [3.8, 4) is 0 Å². The Labute approximate surface area is 111 Å². The van der Waals surface area contributed by atoms with Crippen molar-refractivity contribution < 1.29 is 0 Å². The van der Waals surface area contributed by atoms with E-state index in [1.807, 2.05) is 0 Å². The summed E-state index contributed by atoms with van der Waals surface area (Å²) in [5.74, 6) is 0. The Bertz CT molecular complexity index is 412. The van der Waals surface area contributed by atoms with Crippen LogP contribution in [0, 0.1) is 20.8 Å². The number of hydrogen-bond acceptors (Lipinski definition) is 2. The zero-order valence-electron chi connectivity index (χ0n) is 11.9. The molecule has 1 aliphatic carbocycles. The van der Waals surface area contributed by atoms with Crippen LogP contribution in [0.1, 0.15) is 47.9 Å². The lowest BCUT2D eigenvalue weighted by Gasteiger charge is -2.29. The minimum Gasteiger partial charge on any atom is -0.326 e. The van der Waals surface area contributed by atoms with Crippen LogP contribution in [-0.4, -0.2) is 12.1 Å². The first-order valence-corrected chi connectivity index (χ1v) is 7.13. The third-order valence-corrected chi connectivity index (χ3v) is 4.33. The van der Waals surface area contributed by atoms with Crippen LogP contribution < -0.4 is 11.1 Å². The third-order valence-electron chi connectivity index (χ3n) is 4.33. The SMILES string of the molecule is Cc1cc(C)c(CNC2CCCCC2N)cc1C. The summed E-state index contributed by atoms with van der Waals surface area (Å²) in [5, 5.41) is 3.65. The normalized spacial score (nSPS) is 24.2. The van der Waals surface area contributed by atoms with Crippen LogP contribution in [0.5, 0.6) is 0 Å². The summed E-state index contributed by atoms with van der Waals surface area (Å²) in [5.41, 5.74) is 11.7. The quantitative estimate of drug-likeness (QED) is 0.860. The van der Waals surface area contributed by atoms with Crippen LogP contribution in [0.2, 0.25) is 0 Å². The average Bonchev–Trinajstić information content (AvgIpc) is 2.34. The Hall–Kier alpha value is -0.860. The molecular weight excluding hydrogens is 220 g/mol. The molecule has 1 saturated carbocycles. The lowest BCUT2D eigenvalue weighted by molar-refractivity contribution is 0.326. The second kappa shape index (κ2) is 5.85. The molecule has 0 spiro atoms. The molecule has 1 fully saturated rings. The van der Waals surface area contributed by atoms with Crippen molar-refractivity contribution in [1.29, 1.82) is 0 Å². The van der Waals surface area contributed by atoms with Crippen molar-refractivity contribution in [2.45, 2.75) is 65.1 Å². The fourth-order valence-corrected chi connectivity index (χ4v) is 2.86. The van der Waals surface area contributed by atoms with Gasteiger partial charge in [-0.25, -0.2) is 0 Å². The van der Waals surface area contributed by atoms with Crippen LogP contribution in [-0.2, 0) is 6.54 Å². The number of nitrogens with two attached hydrogens (primary N) is 1. The maximum absolute atomic E-state index is 6.17. The van der Waals surface area contributed by atoms with E-state index in [0.29, 0.717) is 12.1 Å². The Morgan fingerprint density at radius 3 is 2.44 bits per heavy atom. The van der Waals surface area contributed by atoms with Gasteiger partial charge in [-0.1, -0.05) is 25.0 Å². The minimum atomic E-state index is 0.339. The van der Waals surface area contributed by atoms with E-state index >= 15 is 0 Å². The van der Waals surface area contributed by atoms with E-state index in [9.17, 15) is 0 Å². The van der Waals surface area contributed by atoms with E-state index in [-0.39, 0.29) is 0 Å². The van der Waals surface area contributed by atoms with Crippen LogP contribution in [0.4, 0.5) is 0 Å². The van der Waals surface area contributed by atoms with Gasteiger partial charge in [0.05, 0.1) is 0 Å². The highest BCUT2D eigenvalue weighted by Crippen LogP contribution is 2.19. The second-order valence-electron chi connectivity index (χ2n) is 5.80. The summed E-state index contributed by atoms with van der Waals surface area (Å²) in [6.45, 7) is 7.51. The van der Waals surface area contributed by atoms with Crippen LogP contribution in [0.15, 0.2) is 12.1 Å². The molecule has 2 unspecified atom stereocenters. The molecule has 2 heteroatoms. The Morgan fingerprint density at radius 1 is 1.06 bits per heavy atom. The first-order valence-electron chi connectivity index (χ1n) is 7.13. The Kier molecular flexibility index (Phi) is 4.41. The minimum absolute atomic E-state index is 0.339. The van der Waals surface area contributed by atoms with Crippen LogP contribution in [0.3, 0.4) is 0 Å². The number of hydrogen-bond donors (Lipinski definition) is 2. The van der Waals surface area contributed by atoms with Gasteiger partial charge in [-0.3, -0.25) is 0 Å². The van der Waals surface area contributed by atoms with E-state index in [4.69, 9.17) is 5.73 Å². The summed E-state index contributed by atoms with van der Waals surface area (Å²) in [7, 11) is 0. The summed E-state index contributed by atoms with van der Waals surface area (Å²) < 4.78 is 0. The number of aryl methyl sites for hydroxylation is 3. The molecule has 0 amide bonds. The highest BCUT2D eigenvalue weighted by atomic mass is 15.0. The van der Waals surface area contributed by atoms with Gasteiger partial charge < -0.3 is 11.1 Å². The summed E-state index contributed by atoms with van der Waals surface area (Å²) in [6, 6.07) is 5.43. The van der Waals surface area contributed by atoms with Crippen LogP contribution >= 0.6 is 0 Å². The van der Waals surface area contributed by atoms with Gasteiger partial charge in [-0.15, -0.1) is 0 Å². The molecule has 0 aromatic heterocycles. The molecule has 18 heavy (non-hydrogen) atoms. The van der Waals surface area contributed by atoms with Gasteiger partial charge in [-0.2, -0.15) is 0 Å². The van der Waals surface area contributed by atoms with E-state index in [0.717, 1.165) is 6.54 Å². The molecule has 2 rings (SSSR count). The van der Waals surface area contributed by atoms with Crippen molar-refractivity contribution in [1.82, 2.24) is 5.32 Å². The van der Waals surface area contributed by atoms with Gasteiger partial charge in [0.2, 0.25) is 0 Å². The number of benzene rings is 1. The standard InChI is InChI=1S/C16H26N2/c1-11-8-13(3)14(9-12(11)2)10-18-16-7-5-4-6-15(16)17/h8-9,15-16,18H,4-7,10,17H2,1-3H3. The molecule has 2 nitrogen and oxygen atoms in total. The molecule has 0 bridgehead atoms. The molecule has 1 aromatic carbocycles. The maximum atomic E-state index is 6.17. The highest BCUT2D eigenvalue weighted by molar-refractivity contribution is 5.36. The highest BCUT2D eigenvalue weighted by Gasteiger charge is 2.21. The average molecular weight is 246 g/mol. The molecule has 0 saturated heterocycles. The Balaban J connectivity index is 1.99. The smallest absolute Gasteiger partial charge is 0.0222 e. The third kappa shape index (κ3) is 3.12. The zero-order chi connectivity index (χ0) is 13.1. The molecule has 0 heterocycles. The molecule has 0 radical (unpaired) electrons. The van der Waals surface area contributed by atoms with Gasteiger partial charge >= 0.3 is 0 Å². The van der Waals surface area contributed by atoms with Crippen molar-refractivity contribution >= 4 is 0 Å². The van der Waals surface area contributed by atoms with Gasteiger partial charge in [0.15, 0.2) is 0 Å². The van der Waals surface area contributed by atoms with Crippen molar-refractivity contribution in [2.24, 2.45) is 5.73 Å². The maximum Gasteiger partial charge on any atom is 0.0222 e. The predicted molar refractivity (Wildman–Crippen MR) is 77.7 cm³/mol. The molecule has 100 valence electrons. The largest absolute Gasteiger partial charge is 0.326 e. The lowest BCUT2D eigenvalue weighted by atomic mass is 9.90. The van der Waals surface area contributed by atoms with Crippen molar-refractivity contribution in [3.05, 3.63) is 34.4 Å². The van der Waals surface area contributed by atoms with Crippen LogP contribution in [0.25, 0.3) is 0 Å². The van der Waals surface area contributed by atoms with Gasteiger partial charge in [0, 0.05) is 18.6 Å². The first-order chi connectivity index (χ1) is 8.58. The van der Waals surface area contributed by atoms with Crippen molar-refractivity contribution in [2.75, 3.05) is 0 Å². The van der Waals surface area contributed by atoms with E-state index < -0.39 is 0 Å². The Morgan fingerprint density at radius 2 is 1.72 bits per heavy atom. The summed E-state index contributed by atoms with van der Waals surface area (Å²) in [6.07, 6.45) is 5.01. The fraction of sp³-hybridized carbons (Fsp3) is 0.625. The van der Waals surface area contributed by atoms with Gasteiger partial charge in [0.25, 0.3) is 0 Å². The van der Waals surface area contributed by atoms with Crippen molar-refractivity contribution in [3.63, 3.8) is 0 Å². The van der Waals surface area contributed by atoms with E-state index in [1.54, 1.807) is 0 Å². The first kappa shape index (κ1) is 13.6. The van der Waals surface area contributed by atoms with Gasteiger partial charge in [0.1, 0.15) is 0 Å². The summed E-state index contributed by atoms with van der Waals surface area (Å²) in [4.78, 5) is 0. The lowest BCUT2D eigenvalue weighted by Crippen LogP contribution is -2.46. The topological polar surface area (TPSA) is 38.0 Å².